The second-order valence-corrected chi connectivity index (χ2v) is 6.65. The van der Waals surface area contributed by atoms with Crippen molar-refractivity contribution in [3.8, 4) is 0 Å². The molecule has 1 aliphatic rings. The predicted octanol–water partition coefficient (Wildman–Crippen LogP) is 3.16. The van der Waals surface area contributed by atoms with E-state index in [4.69, 9.17) is 11.6 Å². The van der Waals surface area contributed by atoms with Gasteiger partial charge in [-0.15, -0.1) is 0 Å². The monoisotopic (exact) mass is 411 g/mol. The summed E-state index contributed by atoms with van der Waals surface area (Å²) < 4.78 is 40.8. The van der Waals surface area contributed by atoms with Crippen LogP contribution in [0.15, 0.2) is 36.4 Å². The number of hydrogen-bond acceptors (Lipinski definition) is 3. The Morgan fingerprint density at radius 1 is 1.14 bits per heavy atom. The fraction of sp³-hybridized carbons (Fsp3) is 0.167. The molecule has 146 valence electrons. The minimum Gasteiger partial charge on any atom is -0.324 e. The van der Waals surface area contributed by atoms with E-state index in [1.807, 2.05) is 0 Å². The lowest BCUT2D eigenvalue weighted by molar-refractivity contribution is -0.133. The van der Waals surface area contributed by atoms with E-state index in [1.54, 1.807) is 0 Å². The minimum atomic E-state index is -1.87. The summed E-state index contributed by atoms with van der Waals surface area (Å²) in [6.07, 6.45) is 0. The van der Waals surface area contributed by atoms with Crippen molar-refractivity contribution in [2.45, 2.75) is 12.5 Å². The van der Waals surface area contributed by atoms with Crippen molar-refractivity contribution < 1.29 is 27.6 Å². The Morgan fingerprint density at radius 2 is 1.82 bits per heavy atom. The van der Waals surface area contributed by atoms with Crippen molar-refractivity contribution in [1.82, 2.24) is 10.2 Å². The van der Waals surface area contributed by atoms with E-state index in [1.165, 1.54) is 13.0 Å². The molecule has 6 nitrogen and oxygen atoms in total. The van der Waals surface area contributed by atoms with Gasteiger partial charge in [-0.05, 0) is 43.3 Å². The number of hydrogen-bond donors (Lipinski definition) is 2. The van der Waals surface area contributed by atoms with Crippen LogP contribution in [0, 0.1) is 17.5 Å². The first-order valence-electron chi connectivity index (χ1n) is 7.96. The van der Waals surface area contributed by atoms with Crippen LogP contribution in [0.3, 0.4) is 0 Å². The van der Waals surface area contributed by atoms with Crippen molar-refractivity contribution >= 4 is 35.1 Å². The number of nitrogens with one attached hydrogen (secondary N) is 2. The average molecular weight is 412 g/mol. The van der Waals surface area contributed by atoms with Crippen LogP contribution < -0.4 is 10.6 Å². The van der Waals surface area contributed by atoms with Crippen LogP contribution in [0.5, 0.6) is 0 Å². The summed E-state index contributed by atoms with van der Waals surface area (Å²) in [6, 6.07) is 5.02. The first-order chi connectivity index (χ1) is 13.1. The fourth-order valence-corrected chi connectivity index (χ4v) is 3.00. The predicted molar refractivity (Wildman–Crippen MR) is 94.0 cm³/mol. The molecule has 1 saturated heterocycles. The number of nitrogens with zero attached hydrogens (tertiary/aromatic N) is 1. The average Bonchev–Trinajstić information content (AvgIpc) is 2.84. The maximum absolute atomic E-state index is 14.1. The summed E-state index contributed by atoms with van der Waals surface area (Å²) in [6.45, 7) is 0.523. The largest absolute Gasteiger partial charge is 0.325 e. The minimum absolute atomic E-state index is 0.155. The molecule has 2 aromatic carbocycles. The highest BCUT2D eigenvalue weighted by Crippen LogP contribution is 2.31. The molecule has 1 fully saturated rings. The normalized spacial score (nSPS) is 19.0. The molecule has 0 aliphatic carbocycles. The molecule has 4 amide bonds. The lowest BCUT2D eigenvalue weighted by atomic mass is 9.91. The summed E-state index contributed by atoms with van der Waals surface area (Å²) in [5, 5.41) is 4.43. The molecule has 2 aromatic rings. The van der Waals surface area contributed by atoms with Gasteiger partial charge in [-0.1, -0.05) is 11.6 Å². The number of anilines is 1. The molecule has 2 N–H and O–H groups in total. The van der Waals surface area contributed by atoms with Crippen LogP contribution in [0.4, 0.5) is 23.7 Å². The Labute approximate surface area is 162 Å². The summed E-state index contributed by atoms with van der Waals surface area (Å²) in [5.74, 6) is -4.04. The Balaban J connectivity index is 1.79. The van der Waals surface area contributed by atoms with Gasteiger partial charge >= 0.3 is 6.03 Å². The molecule has 0 spiro atoms. The number of carbonyl (C=O) groups excluding carboxylic acids is 3. The molecular weight excluding hydrogens is 399 g/mol. The van der Waals surface area contributed by atoms with Gasteiger partial charge in [0.15, 0.2) is 0 Å². The van der Waals surface area contributed by atoms with Crippen LogP contribution in [-0.4, -0.2) is 29.3 Å². The summed E-state index contributed by atoms with van der Waals surface area (Å²) in [5.41, 5.74) is -2.08. The fourth-order valence-electron chi connectivity index (χ4n) is 2.82. The van der Waals surface area contributed by atoms with Crippen LogP contribution in [0.1, 0.15) is 12.5 Å². The summed E-state index contributed by atoms with van der Waals surface area (Å²) in [7, 11) is 0. The molecule has 0 unspecified atom stereocenters. The lowest BCUT2D eigenvalue weighted by Crippen LogP contribution is -2.42. The molecule has 28 heavy (non-hydrogen) atoms. The van der Waals surface area contributed by atoms with Crippen LogP contribution in [0.2, 0.25) is 5.02 Å². The lowest BCUT2D eigenvalue weighted by Gasteiger charge is -2.22. The number of urea groups is 1. The van der Waals surface area contributed by atoms with Crippen LogP contribution >= 0.6 is 11.6 Å². The molecule has 0 saturated carbocycles. The summed E-state index contributed by atoms with van der Waals surface area (Å²) >= 11 is 5.63. The van der Waals surface area contributed by atoms with Gasteiger partial charge in [0.2, 0.25) is 5.91 Å². The zero-order chi connectivity index (χ0) is 20.6. The van der Waals surface area contributed by atoms with Gasteiger partial charge < -0.3 is 10.6 Å². The SMILES string of the molecule is C[C@]1(c2cc(F)ccc2F)NC(=O)N(CC(=O)Nc2ccc(F)c(Cl)c2)C1=O. The van der Waals surface area contributed by atoms with Crippen molar-refractivity contribution in [3.63, 3.8) is 0 Å². The number of benzene rings is 2. The van der Waals surface area contributed by atoms with E-state index >= 15 is 0 Å². The molecule has 1 heterocycles. The van der Waals surface area contributed by atoms with E-state index in [0.29, 0.717) is 4.90 Å². The molecule has 1 aliphatic heterocycles. The van der Waals surface area contributed by atoms with Gasteiger partial charge in [0.25, 0.3) is 5.91 Å². The van der Waals surface area contributed by atoms with E-state index in [9.17, 15) is 27.6 Å². The number of carbonyl (C=O) groups is 3. The molecular formula is C18H13ClF3N3O3. The molecule has 0 bridgehead atoms. The smallest absolute Gasteiger partial charge is 0.324 e. The zero-order valence-corrected chi connectivity index (χ0v) is 15.1. The number of imide groups is 1. The third-order valence-electron chi connectivity index (χ3n) is 4.25. The number of amides is 4. The number of halogens is 4. The van der Waals surface area contributed by atoms with Gasteiger partial charge in [-0.2, -0.15) is 0 Å². The third kappa shape index (κ3) is 3.53. The Bertz CT molecular complexity index is 1000. The highest BCUT2D eigenvalue weighted by molar-refractivity contribution is 6.31. The third-order valence-corrected chi connectivity index (χ3v) is 4.54. The highest BCUT2D eigenvalue weighted by atomic mass is 35.5. The second-order valence-electron chi connectivity index (χ2n) is 6.25. The van der Waals surface area contributed by atoms with Crippen LogP contribution in [0.25, 0.3) is 0 Å². The van der Waals surface area contributed by atoms with E-state index in [2.05, 4.69) is 10.6 Å². The summed E-state index contributed by atoms with van der Waals surface area (Å²) in [4.78, 5) is 37.6. The molecule has 1 atom stereocenters. The Morgan fingerprint density at radius 3 is 2.50 bits per heavy atom. The quantitative estimate of drug-likeness (QED) is 0.759. The van der Waals surface area contributed by atoms with Gasteiger partial charge in [0.1, 0.15) is 29.5 Å². The zero-order valence-electron chi connectivity index (χ0n) is 14.4. The van der Waals surface area contributed by atoms with E-state index in [0.717, 1.165) is 30.3 Å². The first-order valence-corrected chi connectivity index (χ1v) is 8.34. The van der Waals surface area contributed by atoms with Crippen molar-refractivity contribution in [2.24, 2.45) is 0 Å². The molecule has 3 rings (SSSR count). The molecule has 10 heteroatoms. The van der Waals surface area contributed by atoms with Gasteiger partial charge in [0.05, 0.1) is 5.02 Å². The maximum Gasteiger partial charge on any atom is 0.325 e. The Kier molecular flexibility index (Phi) is 5.03. The number of rotatable bonds is 4. The topological polar surface area (TPSA) is 78.5 Å². The Hall–Kier alpha value is -3.07. The van der Waals surface area contributed by atoms with Gasteiger partial charge in [-0.25, -0.2) is 18.0 Å². The van der Waals surface area contributed by atoms with E-state index < -0.39 is 47.4 Å². The molecule has 0 aromatic heterocycles. The van der Waals surface area contributed by atoms with E-state index in [-0.39, 0.29) is 16.3 Å². The maximum atomic E-state index is 14.1. The highest BCUT2D eigenvalue weighted by Gasteiger charge is 2.50. The van der Waals surface area contributed by atoms with Gasteiger partial charge in [0, 0.05) is 11.3 Å². The first kappa shape index (κ1) is 19.7. The van der Waals surface area contributed by atoms with Crippen molar-refractivity contribution in [1.29, 1.82) is 0 Å². The standard InChI is InChI=1S/C18H13ClF3N3O3/c1-18(11-6-9(20)2-4-13(11)21)16(27)25(17(28)24-18)8-15(26)23-10-3-5-14(22)12(19)7-10/h2-7H,8H2,1H3,(H,23,26)(H,24,28)/t18-/m1/s1. The van der Waals surface area contributed by atoms with Gasteiger partial charge in [-0.3, -0.25) is 14.5 Å². The van der Waals surface area contributed by atoms with Crippen molar-refractivity contribution in [2.75, 3.05) is 11.9 Å². The molecule has 0 radical (unpaired) electrons. The second kappa shape index (κ2) is 7.16. The van der Waals surface area contributed by atoms with Crippen molar-refractivity contribution in [3.05, 3.63) is 64.4 Å². The van der Waals surface area contributed by atoms with Crippen LogP contribution in [-0.2, 0) is 15.1 Å².